The molecule has 35 heavy (non-hydrogen) atoms. The summed E-state index contributed by atoms with van der Waals surface area (Å²) in [5.74, 6) is -0.323. The smallest absolute Gasteiger partial charge is 0.303 e. The maximum absolute atomic E-state index is 11.8. The van der Waals surface area contributed by atoms with E-state index in [4.69, 9.17) is 42.6 Å². The average Bonchev–Trinajstić information content (AvgIpc) is 2.83. The lowest BCUT2D eigenvalue weighted by molar-refractivity contribution is -0.345. The van der Waals surface area contributed by atoms with E-state index in [1.807, 2.05) is 6.92 Å². The number of rotatable bonds is 12. The highest BCUT2D eigenvalue weighted by atomic mass is 32.2. The number of hydrogen-bond acceptors (Lipinski definition) is 13. The topological polar surface area (TPSA) is 137 Å². The van der Waals surface area contributed by atoms with Gasteiger partial charge >= 0.3 is 11.9 Å². The van der Waals surface area contributed by atoms with Crippen LogP contribution in [0, 0.1) is 0 Å². The molecule has 0 aliphatic carbocycles. The van der Waals surface area contributed by atoms with Gasteiger partial charge in [-0.3, -0.25) is 9.59 Å². The molecule has 2 aliphatic heterocycles. The SMILES string of the molecule is CCS[C@@H]1O[C@H](CO)[C@@H](O[C@H]2O[C@H](COC(C)=O)[C@@H](OC(C)=O)[C@H](OC)[C@H]2OC)[C@H](OC)[C@H]1OC. The number of carbonyl (C=O) groups is 2. The van der Waals surface area contributed by atoms with Crippen LogP contribution in [0.15, 0.2) is 0 Å². The highest BCUT2D eigenvalue weighted by Gasteiger charge is 2.54. The molecule has 0 unspecified atom stereocenters. The Balaban J connectivity index is 2.36. The zero-order chi connectivity index (χ0) is 26.1. The highest BCUT2D eigenvalue weighted by molar-refractivity contribution is 7.99. The Morgan fingerprint density at radius 2 is 1.40 bits per heavy atom. The number of aliphatic hydroxyl groups is 1. The fourth-order valence-corrected chi connectivity index (χ4v) is 5.34. The lowest BCUT2D eigenvalue weighted by atomic mass is 9.96. The maximum atomic E-state index is 11.8. The zero-order valence-corrected chi connectivity index (χ0v) is 22.1. The number of thioether (sulfide) groups is 1. The minimum Gasteiger partial charge on any atom is -0.463 e. The van der Waals surface area contributed by atoms with E-state index >= 15 is 0 Å². The van der Waals surface area contributed by atoms with Crippen LogP contribution in [-0.2, 0) is 52.2 Å². The largest absolute Gasteiger partial charge is 0.463 e. The average molecular weight is 527 g/mol. The van der Waals surface area contributed by atoms with Gasteiger partial charge in [-0.1, -0.05) is 6.92 Å². The van der Waals surface area contributed by atoms with Crippen LogP contribution < -0.4 is 0 Å². The van der Waals surface area contributed by atoms with Gasteiger partial charge in [0.2, 0.25) is 0 Å². The van der Waals surface area contributed by atoms with E-state index in [9.17, 15) is 14.7 Å². The molecule has 0 bridgehead atoms. The second kappa shape index (κ2) is 14.6. The summed E-state index contributed by atoms with van der Waals surface area (Å²) in [5, 5.41) is 10.1. The second-order valence-corrected chi connectivity index (χ2v) is 9.38. The first-order chi connectivity index (χ1) is 16.8. The molecule has 2 saturated heterocycles. The molecule has 204 valence electrons. The predicted octanol–water partition coefficient (Wildman–Crippen LogP) is 0.122. The van der Waals surface area contributed by atoms with Crippen LogP contribution in [-0.4, -0.2) is 125 Å². The van der Waals surface area contributed by atoms with Gasteiger partial charge in [0, 0.05) is 42.3 Å². The quantitative estimate of drug-likeness (QED) is 0.345. The fraction of sp³-hybridized carbons (Fsp3) is 0.909. The van der Waals surface area contributed by atoms with Crippen molar-refractivity contribution in [1.82, 2.24) is 0 Å². The molecule has 2 aliphatic rings. The van der Waals surface area contributed by atoms with Crippen LogP contribution in [0.1, 0.15) is 20.8 Å². The van der Waals surface area contributed by atoms with Gasteiger partial charge in [-0.05, 0) is 5.75 Å². The first kappa shape index (κ1) is 30.2. The molecule has 2 rings (SSSR count). The monoisotopic (exact) mass is 526 g/mol. The molecule has 0 radical (unpaired) electrons. The molecule has 12 nitrogen and oxygen atoms in total. The van der Waals surface area contributed by atoms with Crippen molar-refractivity contribution in [3.8, 4) is 0 Å². The summed E-state index contributed by atoms with van der Waals surface area (Å²) < 4.78 is 51.7. The predicted molar refractivity (Wildman–Crippen MR) is 123 cm³/mol. The van der Waals surface area contributed by atoms with Crippen molar-refractivity contribution in [1.29, 1.82) is 0 Å². The van der Waals surface area contributed by atoms with Gasteiger partial charge in [0.25, 0.3) is 0 Å². The second-order valence-electron chi connectivity index (χ2n) is 8.00. The van der Waals surface area contributed by atoms with E-state index in [0.717, 1.165) is 5.75 Å². The standard InChI is InChI=1S/C22H38O12S/c1-8-35-22-20(29-7)18(27-5)15(13(9-23)33-22)34-21-19(28-6)17(26-4)16(31-12(3)25)14(32-21)10-30-11(2)24/h13-23H,8-10H2,1-7H3/t13-,14-,15-,16-,17+,18+,19-,20-,21-,22+/m1/s1. The summed E-state index contributed by atoms with van der Waals surface area (Å²) in [6.45, 7) is 3.95. The van der Waals surface area contributed by atoms with E-state index in [1.54, 1.807) is 7.11 Å². The molecular weight excluding hydrogens is 488 g/mol. The van der Waals surface area contributed by atoms with Gasteiger partial charge in [0.15, 0.2) is 12.4 Å². The Bertz CT molecular complexity index is 666. The van der Waals surface area contributed by atoms with Gasteiger partial charge in [-0.2, -0.15) is 0 Å². The number of hydrogen-bond donors (Lipinski definition) is 1. The van der Waals surface area contributed by atoms with E-state index in [0.29, 0.717) is 0 Å². The summed E-state index contributed by atoms with van der Waals surface area (Å²) in [6, 6.07) is 0. The van der Waals surface area contributed by atoms with Gasteiger partial charge < -0.3 is 47.7 Å². The number of esters is 2. The Labute approximate surface area is 210 Å². The van der Waals surface area contributed by atoms with E-state index < -0.39 is 67.1 Å². The first-order valence-corrected chi connectivity index (χ1v) is 12.4. The van der Waals surface area contributed by atoms with Crippen molar-refractivity contribution in [2.45, 2.75) is 81.3 Å². The summed E-state index contributed by atoms with van der Waals surface area (Å²) in [5.41, 5.74) is -0.380. The van der Waals surface area contributed by atoms with Crippen molar-refractivity contribution in [2.24, 2.45) is 0 Å². The highest BCUT2D eigenvalue weighted by Crippen LogP contribution is 2.36. The van der Waals surface area contributed by atoms with E-state index in [2.05, 4.69) is 0 Å². The number of carbonyl (C=O) groups excluding carboxylic acids is 2. The van der Waals surface area contributed by atoms with Crippen LogP contribution in [0.3, 0.4) is 0 Å². The Morgan fingerprint density at radius 1 is 0.800 bits per heavy atom. The summed E-state index contributed by atoms with van der Waals surface area (Å²) in [4.78, 5) is 23.2. The molecule has 0 aromatic heterocycles. The molecule has 0 aromatic rings. The molecule has 13 heteroatoms. The molecule has 2 heterocycles. The van der Waals surface area contributed by atoms with Crippen molar-refractivity contribution >= 4 is 23.7 Å². The lowest BCUT2D eigenvalue weighted by Crippen LogP contribution is -2.65. The molecule has 10 atom stereocenters. The molecular formula is C22H38O12S. The number of aliphatic hydroxyl groups excluding tert-OH is 1. The van der Waals surface area contributed by atoms with Gasteiger partial charge in [0.05, 0.1) is 6.61 Å². The third-order valence-corrected chi connectivity index (χ3v) is 6.87. The molecule has 0 saturated carbocycles. The van der Waals surface area contributed by atoms with E-state index in [-0.39, 0.29) is 18.6 Å². The van der Waals surface area contributed by atoms with Crippen LogP contribution >= 0.6 is 11.8 Å². The number of methoxy groups -OCH3 is 4. The third-order valence-electron chi connectivity index (χ3n) is 5.83. The van der Waals surface area contributed by atoms with Gasteiger partial charge in [-0.15, -0.1) is 11.8 Å². The van der Waals surface area contributed by atoms with Crippen LogP contribution in [0.5, 0.6) is 0 Å². The third kappa shape index (κ3) is 7.49. The normalized spacial score (nSPS) is 37.6. The summed E-state index contributed by atoms with van der Waals surface area (Å²) in [6.07, 6.45) is -7.27. The lowest BCUT2D eigenvalue weighted by Gasteiger charge is -2.49. The Morgan fingerprint density at radius 3 is 1.89 bits per heavy atom. The van der Waals surface area contributed by atoms with Crippen molar-refractivity contribution in [3.05, 3.63) is 0 Å². The van der Waals surface area contributed by atoms with Crippen molar-refractivity contribution < 1.29 is 57.3 Å². The Hall–Kier alpha value is -1.03. The van der Waals surface area contributed by atoms with Crippen LogP contribution in [0.25, 0.3) is 0 Å². The van der Waals surface area contributed by atoms with Crippen LogP contribution in [0.4, 0.5) is 0 Å². The van der Waals surface area contributed by atoms with Crippen molar-refractivity contribution in [2.75, 3.05) is 47.4 Å². The first-order valence-electron chi connectivity index (χ1n) is 11.4. The minimum atomic E-state index is -1.08. The number of ether oxygens (including phenoxy) is 9. The summed E-state index contributed by atoms with van der Waals surface area (Å²) >= 11 is 1.53. The van der Waals surface area contributed by atoms with Gasteiger partial charge in [0.1, 0.15) is 54.8 Å². The van der Waals surface area contributed by atoms with E-state index in [1.165, 1.54) is 46.9 Å². The van der Waals surface area contributed by atoms with Crippen molar-refractivity contribution in [3.63, 3.8) is 0 Å². The zero-order valence-electron chi connectivity index (χ0n) is 21.2. The van der Waals surface area contributed by atoms with Crippen LogP contribution in [0.2, 0.25) is 0 Å². The molecule has 0 aromatic carbocycles. The summed E-state index contributed by atoms with van der Waals surface area (Å²) in [7, 11) is 5.95. The molecule has 0 spiro atoms. The molecule has 2 fully saturated rings. The minimum absolute atomic E-state index is 0.211. The fourth-order valence-electron chi connectivity index (χ4n) is 4.33. The maximum Gasteiger partial charge on any atom is 0.303 e. The molecule has 1 N–H and O–H groups in total. The Kier molecular flexibility index (Phi) is 12.6. The molecule has 0 amide bonds. The van der Waals surface area contributed by atoms with Gasteiger partial charge in [-0.25, -0.2) is 0 Å².